The second-order valence-electron chi connectivity index (χ2n) is 9.79. The first-order chi connectivity index (χ1) is 16.7. The normalized spacial score (nSPS) is 15.9. The summed E-state index contributed by atoms with van der Waals surface area (Å²) in [6.45, 7) is 11.4. The molecule has 9 heteroatoms. The summed E-state index contributed by atoms with van der Waals surface area (Å²) in [6.07, 6.45) is 0. The van der Waals surface area contributed by atoms with E-state index in [1.54, 1.807) is 31.1 Å². The van der Waals surface area contributed by atoms with Gasteiger partial charge in [0.25, 0.3) is 5.56 Å². The van der Waals surface area contributed by atoms with Gasteiger partial charge in [0.05, 0.1) is 45.7 Å². The zero-order chi connectivity index (χ0) is 25.3. The standard InChI is InChI=1S/C26H34N4O5/c1-6-35-22-8-7-18-15-29(25(27)30(18)24(22)32)16-21(31)17-13-19(26(2,3)4)23(33-5)20(14-17)28-9-11-34-12-10-28/h7-8,13-14,27H,6,9-12,15-16H2,1-5H3. The average Bonchev–Trinajstić information content (AvgIpc) is 3.15. The largest absolute Gasteiger partial charge is 0.494 e. The predicted molar refractivity (Wildman–Crippen MR) is 134 cm³/mol. The van der Waals surface area contributed by atoms with E-state index in [-0.39, 0.29) is 35.0 Å². The number of carbonyl (C=O) groups is 1. The van der Waals surface area contributed by atoms with Gasteiger partial charge in [-0.1, -0.05) is 20.8 Å². The summed E-state index contributed by atoms with van der Waals surface area (Å²) < 4.78 is 18.1. The monoisotopic (exact) mass is 482 g/mol. The number of hydrogen-bond donors (Lipinski definition) is 1. The van der Waals surface area contributed by atoms with Crippen LogP contribution in [0.15, 0.2) is 29.1 Å². The van der Waals surface area contributed by atoms with Gasteiger partial charge < -0.3 is 24.0 Å². The molecule has 188 valence electrons. The molecule has 1 fully saturated rings. The molecular weight excluding hydrogens is 448 g/mol. The zero-order valence-corrected chi connectivity index (χ0v) is 21.1. The maximum absolute atomic E-state index is 13.5. The predicted octanol–water partition coefficient (Wildman–Crippen LogP) is 2.87. The van der Waals surface area contributed by atoms with Crippen LogP contribution < -0.4 is 19.9 Å². The summed E-state index contributed by atoms with van der Waals surface area (Å²) in [5, 5.41) is 8.56. The van der Waals surface area contributed by atoms with Gasteiger partial charge in [0, 0.05) is 29.9 Å². The minimum absolute atomic E-state index is 0.0115. The van der Waals surface area contributed by atoms with Crippen LogP contribution in [0.5, 0.6) is 11.5 Å². The fourth-order valence-corrected chi connectivity index (χ4v) is 4.57. The number of nitrogens with zero attached hydrogens (tertiary/aromatic N) is 3. The van der Waals surface area contributed by atoms with Gasteiger partial charge in [-0.05, 0) is 36.6 Å². The third kappa shape index (κ3) is 4.77. The molecule has 0 unspecified atom stereocenters. The Kier molecular flexibility index (Phi) is 6.89. The molecule has 1 saturated heterocycles. The first kappa shape index (κ1) is 24.8. The summed E-state index contributed by atoms with van der Waals surface area (Å²) in [6, 6.07) is 7.18. The molecule has 1 aromatic carbocycles. The van der Waals surface area contributed by atoms with Gasteiger partial charge >= 0.3 is 0 Å². The summed E-state index contributed by atoms with van der Waals surface area (Å²) in [5.74, 6) is 0.836. The van der Waals surface area contributed by atoms with Crippen LogP contribution in [-0.2, 0) is 16.7 Å². The van der Waals surface area contributed by atoms with Gasteiger partial charge in [0.1, 0.15) is 5.75 Å². The van der Waals surface area contributed by atoms with Crippen molar-refractivity contribution in [2.24, 2.45) is 0 Å². The van der Waals surface area contributed by atoms with Crippen LogP contribution in [0.2, 0.25) is 0 Å². The van der Waals surface area contributed by atoms with Gasteiger partial charge in [-0.3, -0.25) is 15.0 Å². The lowest BCUT2D eigenvalue weighted by molar-refractivity contribution is 0.0962. The minimum Gasteiger partial charge on any atom is -0.494 e. The number of pyridine rings is 1. The van der Waals surface area contributed by atoms with E-state index < -0.39 is 0 Å². The van der Waals surface area contributed by atoms with Crippen LogP contribution in [0.3, 0.4) is 0 Å². The van der Waals surface area contributed by atoms with Crippen molar-refractivity contribution in [3.63, 3.8) is 0 Å². The van der Waals surface area contributed by atoms with Gasteiger partial charge in [-0.25, -0.2) is 4.57 Å². The van der Waals surface area contributed by atoms with Crippen molar-refractivity contribution in [1.82, 2.24) is 9.47 Å². The molecule has 1 N–H and O–H groups in total. The lowest BCUT2D eigenvalue weighted by Gasteiger charge is -2.33. The lowest BCUT2D eigenvalue weighted by Crippen LogP contribution is -2.37. The van der Waals surface area contributed by atoms with Crippen molar-refractivity contribution in [3.8, 4) is 11.5 Å². The fourth-order valence-electron chi connectivity index (χ4n) is 4.57. The van der Waals surface area contributed by atoms with Gasteiger partial charge in [0.2, 0.25) is 5.96 Å². The highest BCUT2D eigenvalue weighted by Crippen LogP contribution is 2.40. The Morgan fingerprint density at radius 1 is 1.17 bits per heavy atom. The van der Waals surface area contributed by atoms with Gasteiger partial charge in [-0.2, -0.15) is 0 Å². The Hall–Kier alpha value is -3.33. The first-order valence-corrected chi connectivity index (χ1v) is 12.0. The van der Waals surface area contributed by atoms with Crippen molar-refractivity contribution in [3.05, 3.63) is 51.4 Å². The van der Waals surface area contributed by atoms with E-state index in [1.807, 2.05) is 12.1 Å². The molecule has 0 bridgehead atoms. The van der Waals surface area contributed by atoms with Crippen LogP contribution in [0.25, 0.3) is 0 Å². The van der Waals surface area contributed by atoms with Crippen LogP contribution in [0, 0.1) is 5.41 Å². The molecule has 9 nitrogen and oxygen atoms in total. The molecule has 0 atom stereocenters. The van der Waals surface area contributed by atoms with Crippen molar-refractivity contribution in [1.29, 1.82) is 5.41 Å². The molecule has 4 rings (SSSR count). The Morgan fingerprint density at radius 3 is 2.51 bits per heavy atom. The number of fused-ring (bicyclic) bond motifs is 1. The summed E-state index contributed by atoms with van der Waals surface area (Å²) in [5.41, 5.74) is 2.42. The lowest BCUT2D eigenvalue weighted by atomic mass is 9.84. The molecule has 2 aromatic rings. The molecule has 35 heavy (non-hydrogen) atoms. The molecule has 0 saturated carbocycles. The third-order valence-corrected chi connectivity index (χ3v) is 6.38. The Labute approximate surface area is 205 Å². The first-order valence-electron chi connectivity index (χ1n) is 12.0. The van der Waals surface area contributed by atoms with Crippen LogP contribution in [0.1, 0.15) is 49.3 Å². The second-order valence-corrected chi connectivity index (χ2v) is 9.79. The van der Waals surface area contributed by atoms with Gasteiger partial charge in [0.15, 0.2) is 11.5 Å². The summed E-state index contributed by atoms with van der Waals surface area (Å²) in [7, 11) is 1.66. The SMILES string of the molecule is CCOc1ccc2n(c1=O)C(=N)N(CC(=O)c1cc(N3CCOCC3)c(OC)c(C(C)(C)C)c1)C2. The number of aromatic nitrogens is 1. The van der Waals surface area contributed by atoms with Gasteiger partial charge in [-0.15, -0.1) is 0 Å². The van der Waals surface area contributed by atoms with Crippen molar-refractivity contribution >= 4 is 17.4 Å². The highest BCUT2D eigenvalue weighted by Gasteiger charge is 2.31. The van der Waals surface area contributed by atoms with Crippen LogP contribution in [-0.4, -0.2) is 67.8 Å². The number of morpholine rings is 1. The number of ketones is 1. The number of carbonyl (C=O) groups excluding carboxylic acids is 1. The quantitative estimate of drug-likeness (QED) is 0.606. The molecule has 3 heterocycles. The number of Topliss-reactive ketones (excluding diaryl/α,β-unsaturated/α-hetero) is 1. The summed E-state index contributed by atoms with van der Waals surface area (Å²) in [4.78, 5) is 30.1. The third-order valence-electron chi connectivity index (χ3n) is 6.38. The summed E-state index contributed by atoms with van der Waals surface area (Å²) >= 11 is 0. The molecular formula is C26H34N4O5. The van der Waals surface area contributed by atoms with Crippen molar-refractivity contribution in [2.75, 3.05) is 51.5 Å². The Balaban J connectivity index is 1.66. The van der Waals surface area contributed by atoms with Crippen molar-refractivity contribution in [2.45, 2.75) is 39.7 Å². The maximum Gasteiger partial charge on any atom is 0.300 e. The number of nitrogens with one attached hydrogen (secondary N) is 1. The molecule has 0 amide bonds. The topological polar surface area (TPSA) is 97.1 Å². The molecule has 2 aliphatic heterocycles. The highest BCUT2D eigenvalue weighted by molar-refractivity contribution is 6.01. The van der Waals surface area contributed by atoms with Crippen molar-refractivity contribution < 1.29 is 19.0 Å². The Morgan fingerprint density at radius 2 is 1.89 bits per heavy atom. The second kappa shape index (κ2) is 9.73. The molecule has 0 radical (unpaired) electrons. The van der Waals surface area contributed by atoms with E-state index in [1.165, 1.54) is 4.57 Å². The Bertz CT molecular complexity index is 1190. The van der Waals surface area contributed by atoms with E-state index >= 15 is 0 Å². The number of benzene rings is 1. The number of methoxy groups -OCH3 is 1. The number of hydrogen-bond acceptors (Lipinski definition) is 7. The van der Waals surface area contributed by atoms with E-state index in [4.69, 9.17) is 19.6 Å². The smallest absolute Gasteiger partial charge is 0.300 e. The van der Waals surface area contributed by atoms with E-state index in [0.29, 0.717) is 37.6 Å². The number of rotatable bonds is 7. The van der Waals surface area contributed by atoms with E-state index in [9.17, 15) is 9.59 Å². The number of anilines is 1. The average molecular weight is 483 g/mol. The van der Waals surface area contributed by atoms with E-state index in [2.05, 4.69) is 25.7 Å². The molecule has 2 aliphatic rings. The molecule has 1 aromatic heterocycles. The zero-order valence-electron chi connectivity index (χ0n) is 21.1. The molecule has 0 spiro atoms. The number of ether oxygens (including phenoxy) is 3. The minimum atomic E-state index is -0.377. The van der Waals surface area contributed by atoms with E-state index in [0.717, 1.165) is 30.1 Å². The van der Waals surface area contributed by atoms with Crippen LogP contribution in [0.4, 0.5) is 5.69 Å². The highest BCUT2D eigenvalue weighted by atomic mass is 16.5. The maximum atomic E-state index is 13.5. The molecule has 0 aliphatic carbocycles. The fraction of sp³-hybridized carbons (Fsp3) is 0.500. The van der Waals surface area contributed by atoms with Crippen LogP contribution >= 0.6 is 0 Å².